The molecule has 0 aliphatic carbocycles. The summed E-state index contributed by atoms with van der Waals surface area (Å²) in [5.41, 5.74) is 2.24. The van der Waals surface area contributed by atoms with Crippen molar-refractivity contribution < 1.29 is 0 Å². The monoisotopic (exact) mass is 280 g/mol. The molecule has 0 atom stereocenters. The third-order valence-corrected chi connectivity index (χ3v) is 2.82. The van der Waals surface area contributed by atoms with Crippen molar-refractivity contribution in [3.05, 3.63) is 40.9 Å². The Hall–Kier alpha value is -1.36. The van der Waals surface area contributed by atoms with Crippen LogP contribution in [0.5, 0.6) is 0 Å². The molecular weight excluding hydrogens is 268 g/mol. The predicted octanol–water partition coefficient (Wildman–Crippen LogP) is 2.46. The molecule has 0 spiro atoms. The van der Waals surface area contributed by atoms with Gasteiger partial charge in [0.15, 0.2) is 0 Å². The number of anilines is 1. The van der Waals surface area contributed by atoms with E-state index in [1.807, 2.05) is 30.1 Å². The first-order valence-electron chi connectivity index (χ1n) is 5.08. The first-order chi connectivity index (χ1) is 7.75. The van der Waals surface area contributed by atoms with E-state index in [2.05, 4.69) is 31.3 Å². The van der Waals surface area contributed by atoms with E-state index in [0.29, 0.717) is 0 Å². The number of nitrogens with zero attached hydrogens (tertiary/aromatic N) is 3. The van der Waals surface area contributed by atoms with Crippen LogP contribution in [0.2, 0.25) is 0 Å². The zero-order valence-electron chi connectivity index (χ0n) is 9.02. The molecule has 2 aromatic heterocycles. The van der Waals surface area contributed by atoms with Crippen molar-refractivity contribution in [2.24, 2.45) is 0 Å². The average molecular weight is 281 g/mol. The SMILES string of the molecule is Cc1cnn(CCNc2ccncc2Br)c1. The maximum Gasteiger partial charge on any atom is 0.0590 e. The van der Waals surface area contributed by atoms with Crippen LogP contribution in [0, 0.1) is 6.92 Å². The molecule has 0 saturated carbocycles. The largest absolute Gasteiger partial charge is 0.382 e. The zero-order valence-corrected chi connectivity index (χ0v) is 10.6. The fourth-order valence-corrected chi connectivity index (χ4v) is 1.80. The van der Waals surface area contributed by atoms with Gasteiger partial charge in [-0.1, -0.05) is 0 Å². The lowest BCUT2D eigenvalue weighted by atomic mass is 10.4. The van der Waals surface area contributed by atoms with Crippen LogP contribution >= 0.6 is 15.9 Å². The van der Waals surface area contributed by atoms with Gasteiger partial charge in [0, 0.05) is 25.1 Å². The number of pyridine rings is 1. The highest BCUT2D eigenvalue weighted by Crippen LogP contribution is 2.19. The van der Waals surface area contributed by atoms with Crippen LogP contribution in [0.1, 0.15) is 5.56 Å². The summed E-state index contributed by atoms with van der Waals surface area (Å²) in [6, 6.07) is 1.94. The molecule has 0 amide bonds. The molecule has 0 radical (unpaired) electrons. The Labute approximate surface area is 103 Å². The summed E-state index contributed by atoms with van der Waals surface area (Å²) >= 11 is 3.44. The van der Waals surface area contributed by atoms with E-state index < -0.39 is 0 Å². The molecule has 4 nitrogen and oxygen atoms in total. The molecule has 0 saturated heterocycles. The van der Waals surface area contributed by atoms with E-state index in [1.165, 1.54) is 5.56 Å². The van der Waals surface area contributed by atoms with E-state index in [0.717, 1.165) is 23.2 Å². The molecule has 0 fully saturated rings. The molecule has 0 aliphatic rings. The van der Waals surface area contributed by atoms with E-state index >= 15 is 0 Å². The van der Waals surface area contributed by atoms with Gasteiger partial charge < -0.3 is 5.32 Å². The minimum Gasteiger partial charge on any atom is -0.382 e. The van der Waals surface area contributed by atoms with Gasteiger partial charge in [-0.05, 0) is 34.5 Å². The second-order valence-electron chi connectivity index (χ2n) is 3.56. The standard InChI is InChI=1S/C11H13BrN4/c1-9-6-15-16(8-9)5-4-14-11-2-3-13-7-10(11)12/h2-3,6-8H,4-5H2,1H3,(H,13,14). The number of aromatic nitrogens is 3. The Balaban J connectivity index is 1.87. The van der Waals surface area contributed by atoms with Gasteiger partial charge in [-0.15, -0.1) is 0 Å². The van der Waals surface area contributed by atoms with Crippen molar-refractivity contribution in [1.82, 2.24) is 14.8 Å². The lowest BCUT2D eigenvalue weighted by Gasteiger charge is -2.07. The summed E-state index contributed by atoms with van der Waals surface area (Å²) in [4.78, 5) is 4.01. The summed E-state index contributed by atoms with van der Waals surface area (Å²) in [6.45, 7) is 3.72. The van der Waals surface area contributed by atoms with Crippen molar-refractivity contribution >= 4 is 21.6 Å². The van der Waals surface area contributed by atoms with E-state index in [1.54, 1.807) is 12.4 Å². The second kappa shape index (κ2) is 5.12. The van der Waals surface area contributed by atoms with Crippen LogP contribution in [0.25, 0.3) is 0 Å². The zero-order chi connectivity index (χ0) is 11.4. The highest BCUT2D eigenvalue weighted by molar-refractivity contribution is 9.10. The Morgan fingerprint density at radius 3 is 3.00 bits per heavy atom. The maximum atomic E-state index is 4.22. The maximum absolute atomic E-state index is 4.22. The molecule has 2 rings (SSSR count). The first kappa shape index (κ1) is 11.1. The molecule has 0 aromatic carbocycles. The molecule has 5 heteroatoms. The van der Waals surface area contributed by atoms with Crippen LogP contribution in [0.3, 0.4) is 0 Å². The quantitative estimate of drug-likeness (QED) is 0.936. The molecular formula is C11H13BrN4. The smallest absolute Gasteiger partial charge is 0.0590 e. The van der Waals surface area contributed by atoms with Gasteiger partial charge in [-0.25, -0.2) is 0 Å². The third-order valence-electron chi connectivity index (χ3n) is 2.19. The van der Waals surface area contributed by atoms with Gasteiger partial charge in [0.2, 0.25) is 0 Å². The van der Waals surface area contributed by atoms with Crippen molar-refractivity contribution in [1.29, 1.82) is 0 Å². The summed E-state index contributed by atoms with van der Waals surface area (Å²) in [5.74, 6) is 0. The number of hydrogen-bond donors (Lipinski definition) is 1. The minimum atomic E-state index is 0.837. The minimum absolute atomic E-state index is 0.837. The van der Waals surface area contributed by atoms with Crippen molar-refractivity contribution in [3.8, 4) is 0 Å². The lowest BCUT2D eigenvalue weighted by Crippen LogP contribution is -2.11. The Morgan fingerprint density at radius 1 is 1.44 bits per heavy atom. The van der Waals surface area contributed by atoms with Gasteiger partial charge >= 0.3 is 0 Å². The number of aryl methyl sites for hydroxylation is 1. The van der Waals surface area contributed by atoms with Gasteiger partial charge in [0.1, 0.15) is 0 Å². The van der Waals surface area contributed by atoms with E-state index in [9.17, 15) is 0 Å². The summed E-state index contributed by atoms with van der Waals surface area (Å²) in [6.07, 6.45) is 7.44. The lowest BCUT2D eigenvalue weighted by molar-refractivity contribution is 0.637. The molecule has 0 bridgehead atoms. The number of rotatable bonds is 4. The van der Waals surface area contributed by atoms with Crippen LogP contribution < -0.4 is 5.32 Å². The fraction of sp³-hybridized carbons (Fsp3) is 0.273. The summed E-state index contributed by atoms with van der Waals surface area (Å²) in [7, 11) is 0. The molecule has 2 aromatic rings. The topological polar surface area (TPSA) is 42.7 Å². The summed E-state index contributed by atoms with van der Waals surface area (Å²) < 4.78 is 2.91. The fourth-order valence-electron chi connectivity index (χ4n) is 1.41. The van der Waals surface area contributed by atoms with Crippen LogP contribution in [0.4, 0.5) is 5.69 Å². The number of halogens is 1. The number of nitrogens with one attached hydrogen (secondary N) is 1. The van der Waals surface area contributed by atoms with Gasteiger partial charge in [0.05, 0.1) is 22.9 Å². The van der Waals surface area contributed by atoms with Gasteiger partial charge in [-0.3, -0.25) is 9.67 Å². The average Bonchev–Trinajstić information content (AvgIpc) is 2.67. The molecule has 84 valence electrons. The highest BCUT2D eigenvalue weighted by Gasteiger charge is 1.98. The molecule has 2 heterocycles. The predicted molar refractivity (Wildman–Crippen MR) is 67.4 cm³/mol. The molecule has 0 unspecified atom stereocenters. The van der Waals surface area contributed by atoms with Gasteiger partial charge in [-0.2, -0.15) is 5.10 Å². The Kier molecular flexibility index (Phi) is 3.56. The molecule has 1 N–H and O–H groups in total. The second-order valence-corrected chi connectivity index (χ2v) is 4.42. The Bertz CT molecular complexity index is 467. The third kappa shape index (κ3) is 2.82. The first-order valence-corrected chi connectivity index (χ1v) is 5.87. The van der Waals surface area contributed by atoms with Crippen molar-refractivity contribution in [2.75, 3.05) is 11.9 Å². The highest BCUT2D eigenvalue weighted by atomic mass is 79.9. The van der Waals surface area contributed by atoms with Crippen LogP contribution in [-0.2, 0) is 6.54 Å². The summed E-state index contributed by atoms with van der Waals surface area (Å²) in [5, 5.41) is 7.54. The molecule has 0 aliphatic heterocycles. The van der Waals surface area contributed by atoms with Crippen molar-refractivity contribution in [3.63, 3.8) is 0 Å². The van der Waals surface area contributed by atoms with Crippen LogP contribution in [-0.4, -0.2) is 21.3 Å². The Morgan fingerprint density at radius 2 is 2.31 bits per heavy atom. The van der Waals surface area contributed by atoms with Crippen molar-refractivity contribution in [2.45, 2.75) is 13.5 Å². The van der Waals surface area contributed by atoms with E-state index in [-0.39, 0.29) is 0 Å². The van der Waals surface area contributed by atoms with Gasteiger partial charge in [0.25, 0.3) is 0 Å². The number of hydrogen-bond acceptors (Lipinski definition) is 3. The van der Waals surface area contributed by atoms with E-state index in [4.69, 9.17) is 0 Å². The normalized spacial score (nSPS) is 10.4. The van der Waals surface area contributed by atoms with Crippen LogP contribution in [0.15, 0.2) is 35.3 Å². The molecule has 16 heavy (non-hydrogen) atoms.